The Morgan fingerprint density at radius 1 is 1.26 bits per heavy atom. The van der Waals surface area contributed by atoms with E-state index in [0.29, 0.717) is 0 Å². The van der Waals surface area contributed by atoms with E-state index in [1.54, 1.807) is 0 Å². The van der Waals surface area contributed by atoms with Crippen molar-refractivity contribution >= 4 is 29.9 Å². The molecule has 0 saturated heterocycles. The summed E-state index contributed by atoms with van der Waals surface area (Å²) in [6.45, 7) is 7.01. The molecule has 0 radical (unpaired) electrons. The Labute approximate surface area is 158 Å². The molecule has 0 aliphatic carbocycles. The fraction of sp³-hybridized carbons (Fsp3) is 0.611. The molecule has 0 bridgehead atoms. The third kappa shape index (κ3) is 9.03. The molecule has 0 saturated carbocycles. The summed E-state index contributed by atoms with van der Waals surface area (Å²) in [7, 11) is 3.92. The number of rotatable bonds is 9. The van der Waals surface area contributed by atoms with Gasteiger partial charge in [-0.3, -0.25) is 4.99 Å². The minimum absolute atomic E-state index is 0. The van der Waals surface area contributed by atoms with E-state index in [1.807, 2.05) is 13.1 Å². The summed E-state index contributed by atoms with van der Waals surface area (Å²) in [6.07, 6.45) is 4.38. The Hall–Kier alpha value is -0.980. The summed E-state index contributed by atoms with van der Waals surface area (Å²) in [5.41, 5.74) is 1.28. The van der Waals surface area contributed by atoms with Crippen LogP contribution in [0, 0.1) is 0 Å². The van der Waals surface area contributed by atoms with E-state index in [4.69, 9.17) is 4.74 Å². The van der Waals surface area contributed by atoms with E-state index in [-0.39, 0.29) is 24.0 Å². The summed E-state index contributed by atoms with van der Waals surface area (Å²) in [4.78, 5) is 6.52. The zero-order chi connectivity index (χ0) is 16.2. The van der Waals surface area contributed by atoms with Gasteiger partial charge in [-0.25, -0.2) is 0 Å². The van der Waals surface area contributed by atoms with Crippen molar-refractivity contribution in [2.75, 3.05) is 33.8 Å². The van der Waals surface area contributed by atoms with Gasteiger partial charge < -0.3 is 15.0 Å². The lowest BCUT2D eigenvalue weighted by Crippen LogP contribution is -2.40. The number of unbranched alkanes of at least 4 members (excludes halogenated alkanes) is 1. The van der Waals surface area contributed by atoms with E-state index in [0.717, 1.165) is 44.2 Å². The topological polar surface area (TPSA) is 36.9 Å². The summed E-state index contributed by atoms with van der Waals surface area (Å²) >= 11 is 0. The van der Waals surface area contributed by atoms with E-state index in [1.165, 1.54) is 18.4 Å². The molecule has 1 rings (SSSR count). The quantitative estimate of drug-likeness (QED) is 0.364. The molecule has 132 valence electrons. The first-order valence-electron chi connectivity index (χ1n) is 8.34. The van der Waals surface area contributed by atoms with Crippen LogP contribution in [0.15, 0.2) is 29.3 Å². The monoisotopic (exact) mass is 433 g/mol. The van der Waals surface area contributed by atoms with E-state index in [9.17, 15) is 0 Å². The largest absolute Gasteiger partial charge is 0.494 e. The number of guanidine groups is 1. The summed E-state index contributed by atoms with van der Waals surface area (Å²) in [5, 5.41) is 3.42. The van der Waals surface area contributed by atoms with Crippen LogP contribution in [0.1, 0.15) is 38.7 Å². The highest BCUT2D eigenvalue weighted by Crippen LogP contribution is 2.13. The number of nitrogens with one attached hydrogen (secondary N) is 1. The van der Waals surface area contributed by atoms with Gasteiger partial charge in [0.15, 0.2) is 5.96 Å². The molecule has 1 aromatic carbocycles. The van der Waals surface area contributed by atoms with Gasteiger partial charge in [0.05, 0.1) is 6.61 Å². The molecule has 0 aliphatic rings. The maximum absolute atomic E-state index is 5.67. The van der Waals surface area contributed by atoms with Gasteiger partial charge in [-0.2, -0.15) is 0 Å². The van der Waals surface area contributed by atoms with Crippen LogP contribution < -0.4 is 10.1 Å². The van der Waals surface area contributed by atoms with E-state index in [2.05, 4.69) is 54.3 Å². The van der Waals surface area contributed by atoms with Crippen molar-refractivity contribution in [3.05, 3.63) is 29.8 Å². The lowest BCUT2D eigenvalue weighted by molar-refractivity contribution is 0.317. The van der Waals surface area contributed by atoms with Crippen molar-refractivity contribution in [2.45, 2.75) is 39.5 Å². The molecule has 0 fully saturated rings. The molecule has 1 aromatic rings. The zero-order valence-electron chi connectivity index (χ0n) is 15.0. The van der Waals surface area contributed by atoms with E-state index < -0.39 is 0 Å². The fourth-order valence-electron chi connectivity index (χ4n) is 2.22. The molecule has 0 aliphatic heterocycles. The van der Waals surface area contributed by atoms with Crippen LogP contribution in [-0.4, -0.2) is 44.7 Å². The Bertz CT molecular complexity index is 452. The lowest BCUT2D eigenvalue weighted by atomic mass is 10.1. The maximum Gasteiger partial charge on any atom is 0.193 e. The summed E-state index contributed by atoms with van der Waals surface area (Å²) < 4.78 is 5.67. The molecular formula is C18H32IN3O. The highest BCUT2D eigenvalue weighted by atomic mass is 127. The molecule has 0 heterocycles. The van der Waals surface area contributed by atoms with Gasteiger partial charge in [0, 0.05) is 27.2 Å². The van der Waals surface area contributed by atoms with Gasteiger partial charge >= 0.3 is 0 Å². The van der Waals surface area contributed by atoms with Crippen LogP contribution in [0.3, 0.4) is 0 Å². The van der Waals surface area contributed by atoms with Crippen LogP contribution in [0.25, 0.3) is 0 Å². The number of hydrogen-bond donors (Lipinski definition) is 1. The van der Waals surface area contributed by atoms with Crippen LogP contribution in [-0.2, 0) is 6.42 Å². The highest BCUT2D eigenvalue weighted by Gasteiger charge is 2.04. The molecule has 0 spiro atoms. The summed E-state index contributed by atoms with van der Waals surface area (Å²) in [5.74, 6) is 1.93. The van der Waals surface area contributed by atoms with Crippen molar-refractivity contribution < 1.29 is 4.74 Å². The second-order valence-corrected chi connectivity index (χ2v) is 5.49. The molecule has 0 atom stereocenters. The van der Waals surface area contributed by atoms with Crippen molar-refractivity contribution in [2.24, 2.45) is 4.99 Å². The average Bonchev–Trinajstić information content (AvgIpc) is 2.55. The smallest absolute Gasteiger partial charge is 0.193 e. The van der Waals surface area contributed by atoms with Gasteiger partial charge in [0.1, 0.15) is 5.75 Å². The standard InChI is InChI=1S/C18H31N3O.HI/c1-5-7-13-21(4)18(19-3)20-12-11-16-9-8-10-17(15-16)22-14-6-2;/h8-10,15H,5-7,11-14H2,1-4H3,(H,19,20);1H. The maximum atomic E-state index is 5.67. The summed E-state index contributed by atoms with van der Waals surface area (Å²) in [6, 6.07) is 8.34. The third-order valence-corrected chi connectivity index (χ3v) is 3.49. The first-order chi connectivity index (χ1) is 10.7. The predicted octanol–water partition coefficient (Wildman–Crippen LogP) is 3.94. The normalized spacial score (nSPS) is 10.9. The van der Waals surface area contributed by atoms with Gasteiger partial charge in [-0.15, -0.1) is 24.0 Å². The van der Waals surface area contributed by atoms with Crippen molar-refractivity contribution in [1.29, 1.82) is 0 Å². The van der Waals surface area contributed by atoms with Crippen molar-refractivity contribution in [3.63, 3.8) is 0 Å². The lowest BCUT2D eigenvalue weighted by Gasteiger charge is -2.21. The Morgan fingerprint density at radius 3 is 2.70 bits per heavy atom. The minimum Gasteiger partial charge on any atom is -0.494 e. The molecular weight excluding hydrogens is 401 g/mol. The number of ether oxygens (including phenoxy) is 1. The highest BCUT2D eigenvalue weighted by molar-refractivity contribution is 14.0. The minimum atomic E-state index is 0. The molecule has 1 N–H and O–H groups in total. The van der Waals surface area contributed by atoms with Gasteiger partial charge in [-0.1, -0.05) is 32.4 Å². The second kappa shape index (κ2) is 13.5. The van der Waals surface area contributed by atoms with Crippen molar-refractivity contribution in [3.8, 4) is 5.75 Å². The first-order valence-corrected chi connectivity index (χ1v) is 8.34. The van der Waals surface area contributed by atoms with Crippen LogP contribution in [0.2, 0.25) is 0 Å². The van der Waals surface area contributed by atoms with Gasteiger partial charge in [0.25, 0.3) is 0 Å². The number of hydrogen-bond acceptors (Lipinski definition) is 2. The average molecular weight is 433 g/mol. The van der Waals surface area contributed by atoms with Crippen LogP contribution >= 0.6 is 24.0 Å². The number of benzene rings is 1. The van der Waals surface area contributed by atoms with Crippen LogP contribution in [0.5, 0.6) is 5.75 Å². The molecule has 0 amide bonds. The third-order valence-electron chi connectivity index (χ3n) is 3.49. The molecule has 5 heteroatoms. The molecule has 23 heavy (non-hydrogen) atoms. The van der Waals surface area contributed by atoms with Crippen LogP contribution in [0.4, 0.5) is 0 Å². The number of nitrogens with zero attached hydrogens (tertiary/aromatic N) is 2. The van der Waals surface area contributed by atoms with Gasteiger partial charge in [0.2, 0.25) is 0 Å². The molecule has 4 nitrogen and oxygen atoms in total. The van der Waals surface area contributed by atoms with E-state index >= 15 is 0 Å². The first kappa shape index (κ1) is 22.0. The van der Waals surface area contributed by atoms with Gasteiger partial charge in [-0.05, 0) is 37.0 Å². The Kier molecular flexibility index (Phi) is 12.9. The Balaban J connectivity index is 0.00000484. The molecule has 0 unspecified atom stereocenters. The SMILES string of the molecule is CCCCN(C)C(=NC)NCCc1cccc(OCCC)c1.I. The zero-order valence-corrected chi connectivity index (χ0v) is 17.3. The van der Waals surface area contributed by atoms with Crippen molar-refractivity contribution in [1.82, 2.24) is 10.2 Å². The second-order valence-electron chi connectivity index (χ2n) is 5.49. The number of aliphatic imine (C=N–C) groups is 1. The Morgan fingerprint density at radius 2 is 2.04 bits per heavy atom. The molecule has 0 aromatic heterocycles. The predicted molar refractivity (Wildman–Crippen MR) is 110 cm³/mol. The fourth-order valence-corrected chi connectivity index (χ4v) is 2.22. The number of halogens is 1.